The molecule has 0 bridgehead atoms. The Kier molecular flexibility index (Phi) is 3.88. The van der Waals surface area contributed by atoms with E-state index >= 15 is 0 Å². The quantitative estimate of drug-likeness (QED) is 0.674. The number of nitrogens with one attached hydrogen (secondary N) is 1. The first-order chi connectivity index (χ1) is 9.29. The fourth-order valence-electron chi connectivity index (χ4n) is 2.35. The minimum Gasteiger partial charge on any atom is -0.271 e. The Labute approximate surface area is 120 Å². The fourth-order valence-corrected chi connectivity index (χ4v) is 4.80. The van der Waals surface area contributed by atoms with Crippen LogP contribution in [0.15, 0.2) is 30.3 Å². The Morgan fingerprint density at radius 2 is 2.16 bits per heavy atom. The second-order valence-corrected chi connectivity index (χ2v) is 6.79. The Morgan fingerprint density at radius 3 is 2.89 bits per heavy atom. The number of nitrogens with two attached hydrogens (primary N) is 1. The van der Waals surface area contributed by atoms with Crippen molar-refractivity contribution in [2.24, 2.45) is 5.84 Å². The lowest BCUT2D eigenvalue weighted by molar-refractivity contribution is 0.564. The first kappa shape index (κ1) is 13.1. The summed E-state index contributed by atoms with van der Waals surface area (Å²) in [7, 11) is 0. The zero-order valence-corrected chi connectivity index (χ0v) is 12.0. The Morgan fingerprint density at radius 1 is 1.32 bits per heavy atom. The van der Waals surface area contributed by atoms with Crippen LogP contribution in [0.4, 0.5) is 4.39 Å². The summed E-state index contributed by atoms with van der Waals surface area (Å²) in [6, 6.07) is 8.70. The Hall–Kier alpha value is -0.880. The summed E-state index contributed by atoms with van der Waals surface area (Å²) in [6.07, 6.45) is 1.11. The molecule has 1 aromatic heterocycles. The van der Waals surface area contributed by atoms with Gasteiger partial charge in [-0.25, -0.2) is 9.82 Å². The largest absolute Gasteiger partial charge is 0.271 e. The zero-order valence-electron chi connectivity index (χ0n) is 10.4. The number of thiophene rings is 1. The summed E-state index contributed by atoms with van der Waals surface area (Å²) >= 11 is 3.70. The van der Waals surface area contributed by atoms with Crippen molar-refractivity contribution in [2.75, 3.05) is 5.75 Å². The number of thioether (sulfide) groups is 1. The molecule has 3 N–H and O–H groups in total. The highest BCUT2D eigenvalue weighted by Crippen LogP contribution is 2.36. The SMILES string of the molecule is NNC(c1cc2c(s1)CCSC2)c1ccccc1F. The van der Waals surface area contributed by atoms with E-state index in [1.165, 1.54) is 22.3 Å². The number of rotatable bonds is 3. The lowest BCUT2D eigenvalue weighted by atomic mass is 10.0. The molecule has 0 aliphatic carbocycles. The van der Waals surface area contributed by atoms with Crippen LogP contribution in [0.25, 0.3) is 0 Å². The van der Waals surface area contributed by atoms with Crippen LogP contribution in [-0.2, 0) is 12.2 Å². The molecule has 5 heteroatoms. The van der Waals surface area contributed by atoms with Gasteiger partial charge in [-0.2, -0.15) is 11.8 Å². The van der Waals surface area contributed by atoms with Crippen molar-refractivity contribution in [3.8, 4) is 0 Å². The first-order valence-electron chi connectivity index (χ1n) is 6.19. The standard InChI is InChI=1S/C14H15FN2S2/c15-11-4-2-1-3-10(11)14(17-16)13-7-9-8-18-6-5-12(9)19-13/h1-4,7,14,17H,5-6,8,16H2. The van der Waals surface area contributed by atoms with Gasteiger partial charge in [-0.05, 0) is 29.9 Å². The molecule has 0 amide bonds. The van der Waals surface area contributed by atoms with Gasteiger partial charge in [0.25, 0.3) is 0 Å². The second-order valence-electron chi connectivity index (χ2n) is 4.52. The van der Waals surface area contributed by atoms with E-state index in [4.69, 9.17) is 5.84 Å². The molecule has 100 valence electrons. The molecule has 0 saturated carbocycles. The maximum Gasteiger partial charge on any atom is 0.128 e. The van der Waals surface area contributed by atoms with Crippen LogP contribution in [0, 0.1) is 5.82 Å². The number of benzene rings is 1. The van der Waals surface area contributed by atoms with Crippen LogP contribution >= 0.6 is 23.1 Å². The van der Waals surface area contributed by atoms with E-state index in [0.717, 1.165) is 17.1 Å². The van der Waals surface area contributed by atoms with Crippen molar-refractivity contribution in [1.82, 2.24) is 5.43 Å². The van der Waals surface area contributed by atoms with E-state index in [-0.39, 0.29) is 11.9 Å². The van der Waals surface area contributed by atoms with E-state index < -0.39 is 0 Å². The van der Waals surface area contributed by atoms with Crippen molar-refractivity contribution < 1.29 is 4.39 Å². The van der Waals surface area contributed by atoms with Gasteiger partial charge in [0, 0.05) is 21.1 Å². The van der Waals surface area contributed by atoms with Crippen LogP contribution in [0.2, 0.25) is 0 Å². The highest BCUT2D eigenvalue weighted by atomic mass is 32.2. The highest BCUT2D eigenvalue weighted by molar-refractivity contribution is 7.98. The van der Waals surface area contributed by atoms with Crippen LogP contribution in [0.5, 0.6) is 0 Å². The van der Waals surface area contributed by atoms with Gasteiger partial charge in [-0.1, -0.05) is 18.2 Å². The molecule has 0 spiro atoms. The van der Waals surface area contributed by atoms with Gasteiger partial charge in [0.05, 0.1) is 6.04 Å². The van der Waals surface area contributed by atoms with Crippen molar-refractivity contribution in [3.05, 3.63) is 57.0 Å². The van der Waals surface area contributed by atoms with Crippen LogP contribution in [0.1, 0.15) is 26.9 Å². The van der Waals surface area contributed by atoms with Gasteiger partial charge >= 0.3 is 0 Å². The van der Waals surface area contributed by atoms with Gasteiger partial charge in [0.15, 0.2) is 0 Å². The highest BCUT2D eigenvalue weighted by Gasteiger charge is 2.21. The monoisotopic (exact) mass is 294 g/mol. The number of hydrogen-bond donors (Lipinski definition) is 2. The van der Waals surface area contributed by atoms with Crippen molar-refractivity contribution in [2.45, 2.75) is 18.2 Å². The molecule has 0 saturated heterocycles. The van der Waals surface area contributed by atoms with E-state index in [1.807, 2.05) is 17.8 Å². The molecular weight excluding hydrogens is 279 g/mol. The average molecular weight is 294 g/mol. The van der Waals surface area contributed by atoms with Gasteiger partial charge in [0.2, 0.25) is 0 Å². The summed E-state index contributed by atoms with van der Waals surface area (Å²) in [5, 5.41) is 0. The van der Waals surface area contributed by atoms with E-state index in [1.54, 1.807) is 23.5 Å². The maximum absolute atomic E-state index is 13.9. The summed E-state index contributed by atoms with van der Waals surface area (Å²) in [4.78, 5) is 2.52. The predicted octanol–water partition coefficient (Wildman–Crippen LogP) is 3.23. The lowest BCUT2D eigenvalue weighted by Crippen LogP contribution is -2.28. The summed E-state index contributed by atoms with van der Waals surface area (Å²) < 4.78 is 13.9. The number of hydrazine groups is 1. The molecule has 3 rings (SSSR count). The zero-order chi connectivity index (χ0) is 13.2. The first-order valence-corrected chi connectivity index (χ1v) is 8.16. The topological polar surface area (TPSA) is 38.0 Å². The van der Waals surface area contributed by atoms with Crippen molar-refractivity contribution in [1.29, 1.82) is 0 Å². The number of halogens is 1. The molecule has 1 aliphatic heterocycles. The van der Waals surface area contributed by atoms with Gasteiger partial charge in [-0.15, -0.1) is 11.3 Å². The molecule has 0 radical (unpaired) electrons. The molecule has 1 unspecified atom stereocenters. The minimum atomic E-state index is -0.262. The Balaban J connectivity index is 1.98. The number of aryl methyl sites for hydroxylation is 1. The van der Waals surface area contributed by atoms with Crippen LogP contribution in [0.3, 0.4) is 0 Å². The summed E-state index contributed by atoms with van der Waals surface area (Å²) in [5.74, 6) is 7.66. The molecule has 1 aliphatic rings. The molecular formula is C14H15FN2S2. The smallest absolute Gasteiger partial charge is 0.128 e. The molecule has 1 atom stereocenters. The van der Waals surface area contributed by atoms with E-state index in [9.17, 15) is 4.39 Å². The molecule has 19 heavy (non-hydrogen) atoms. The van der Waals surface area contributed by atoms with E-state index in [2.05, 4.69) is 11.5 Å². The molecule has 0 fully saturated rings. The van der Waals surface area contributed by atoms with Crippen LogP contribution in [-0.4, -0.2) is 5.75 Å². The summed E-state index contributed by atoms with van der Waals surface area (Å²) in [5.41, 5.74) is 4.74. The fraction of sp³-hybridized carbons (Fsp3) is 0.286. The van der Waals surface area contributed by atoms with E-state index in [0.29, 0.717) is 5.56 Å². The lowest BCUT2D eigenvalue weighted by Gasteiger charge is -2.15. The van der Waals surface area contributed by atoms with Crippen LogP contribution < -0.4 is 11.3 Å². The van der Waals surface area contributed by atoms with Gasteiger partial charge < -0.3 is 0 Å². The third-order valence-electron chi connectivity index (χ3n) is 3.31. The van der Waals surface area contributed by atoms with Gasteiger partial charge in [0.1, 0.15) is 5.82 Å². The number of fused-ring (bicyclic) bond motifs is 1. The minimum absolute atomic E-state index is 0.216. The molecule has 2 aromatic rings. The summed E-state index contributed by atoms with van der Waals surface area (Å²) in [6.45, 7) is 0. The number of hydrogen-bond acceptors (Lipinski definition) is 4. The third-order valence-corrected chi connectivity index (χ3v) is 5.62. The normalized spacial score (nSPS) is 16.1. The molecule has 2 nitrogen and oxygen atoms in total. The predicted molar refractivity (Wildman–Crippen MR) is 79.8 cm³/mol. The molecule has 1 aromatic carbocycles. The average Bonchev–Trinajstić information content (AvgIpc) is 2.85. The maximum atomic E-state index is 13.9. The van der Waals surface area contributed by atoms with Crippen molar-refractivity contribution >= 4 is 23.1 Å². The van der Waals surface area contributed by atoms with Gasteiger partial charge in [-0.3, -0.25) is 5.84 Å². The molecule has 2 heterocycles. The second kappa shape index (κ2) is 5.63. The van der Waals surface area contributed by atoms with Crippen molar-refractivity contribution in [3.63, 3.8) is 0 Å². The Bertz CT molecular complexity index is 559. The third kappa shape index (κ3) is 2.56.